The first-order valence-electron chi connectivity index (χ1n) is 14.2. The largest absolute Gasteiger partial charge is 0.405 e. The Hall–Kier alpha value is -4.22. The van der Waals surface area contributed by atoms with Gasteiger partial charge in [0.25, 0.3) is 11.8 Å². The average Bonchev–Trinajstić information content (AvgIpc) is 3.32. The Kier molecular flexibility index (Phi) is 7.93. The Bertz CT molecular complexity index is 1650. The minimum absolute atomic E-state index is 0.00254. The lowest BCUT2D eigenvalue weighted by molar-refractivity contribution is -0.195. The number of benzene rings is 3. The molecule has 44 heavy (non-hydrogen) atoms. The molecule has 12 heteroatoms. The number of nitrogens with one attached hydrogen (secondary N) is 1. The highest BCUT2D eigenvalue weighted by molar-refractivity contribution is 6.30. The second kappa shape index (κ2) is 11.7. The number of rotatable bonds is 5. The number of halogens is 4. The van der Waals surface area contributed by atoms with Crippen LogP contribution in [0.1, 0.15) is 44.7 Å². The van der Waals surface area contributed by atoms with Gasteiger partial charge >= 0.3 is 6.18 Å². The van der Waals surface area contributed by atoms with E-state index in [0.29, 0.717) is 32.8 Å². The number of fused-ring (bicyclic) bond motifs is 1. The van der Waals surface area contributed by atoms with Crippen molar-refractivity contribution in [3.05, 3.63) is 94.0 Å². The Labute approximate surface area is 256 Å². The number of hydrogen-bond donors (Lipinski definition) is 1. The Morgan fingerprint density at radius 3 is 2.43 bits per heavy atom. The van der Waals surface area contributed by atoms with E-state index in [1.807, 2.05) is 0 Å². The lowest BCUT2D eigenvalue weighted by Crippen LogP contribution is -2.59. The predicted molar refractivity (Wildman–Crippen MR) is 156 cm³/mol. The van der Waals surface area contributed by atoms with Gasteiger partial charge in [0.15, 0.2) is 0 Å². The number of piperazine rings is 1. The number of amides is 4. The Morgan fingerprint density at radius 1 is 0.955 bits per heavy atom. The van der Waals surface area contributed by atoms with Crippen LogP contribution in [0.2, 0.25) is 5.02 Å². The van der Waals surface area contributed by atoms with Gasteiger partial charge in [0.05, 0.1) is 0 Å². The highest BCUT2D eigenvalue weighted by atomic mass is 35.5. The molecule has 0 aliphatic carbocycles. The van der Waals surface area contributed by atoms with Gasteiger partial charge < -0.3 is 9.80 Å². The number of carbonyl (C=O) groups is 4. The molecule has 2 fully saturated rings. The fourth-order valence-electron chi connectivity index (χ4n) is 6.19. The molecule has 228 valence electrons. The minimum Gasteiger partial charge on any atom is -0.335 e. The van der Waals surface area contributed by atoms with E-state index in [-0.39, 0.29) is 50.8 Å². The van der Waals surface area contributed by atoms with Gasteiger partial charge in [0.2, 0.25) is 11.8 Å². The number of piperidine rings is 1. The van der Waals surface area contributed by atoms with E-state index in [2.05, 4.69) is 5.32 Å². The fourth-order valence-corrected chi connectivity index (χ4v) is 6.31. The van der Waals surface area contributed by atoms with Crippen LogP contribution < -0.4 is 5.32 Å². The van der Waals surface area contributed by atoms with Crippen LogP contribution >= 0.6 is 11.6 Å². The maximum absolute atomic E-state index is 14.4. The summed E-state index contributed by atoms with van der Waals surface area (Å²) in [6.45, 7) is -0.325. The molecule has 3 aliphatic rings. The van der Waals surface area contributed by atoms with E-state index in [0.717, 1.165) is 5.56 Å². The van der Waals surface area contributed by atoms with Crippen molar-refractivity contribution in [2.45, 2.75) is 44.2 Å². The molecular formula is C32H28ClF3N4O4. The summed E-state index contributed by atoms with van der Waals surface area (Å²) < 4.78 is 43.2. The van der Waals surface area contributed by atoms with Gasteiger partial charge in [-0.15, -0.1) is 0 Å². The molecule has 0 radical (unpaired) electrons. The normalized spacial score (nSPS) is 21.0. The quantitative estimate of drug-likeness (QED) is 0.417. The first-order valence-corrected chi connectivity index (χ1v) is 14.6. The molecule has 2 unspecified atom stereocenters. The highest BCUT2D eigenvalue weighted by Gasteiger charge is 2.47. The molecule has 0 saturated carbocycles. The Balaban J connectivity index is 1.18. The van der Waals surface area contributed by atoms with Gasteiger partial charge in [-0.1, -0.05) is 54.1 Å². The summed E-state index contributed by atoms with van der Waals surface area (Å²) in [5.41, 5.74) is 3.25. The summed E-state index contributed by atoms with van der Waals surface area (Å²) in [6.07, 6.45) is -4.25. The number of carbonyl (C=O) groups excluding carboxylic acids is 4. The van der Waals surface area contributed by atoms with Crippen LogP contribution in [0.25, 0.3) is 11.1 Å². The van der Waals surface area contributed by atoms with Crippen LogP contribution in [0.15, 0.2) is 66.7 Å². The van der Waals surface area contributed by atoms with Gasteiger partial charge in [0, 0.05) is 55.3 Å². The summed E-state index contributed by atoms with van der Waals surface area (Å²) in [7, 11) is 0. The first kappa shape index (κ1) is 29.8. The smallest absolute Gasteiger partial charge is 0.335 e. The van der Waals surface area contributed by atoms with Crippen molar-refractivity contribution in [2.75, 3.05) is 19.6 Å². The molecular weight excluding hydrogens is 597 g/mol. The van der Waals surface area contributed by atoms with E-state index in [1.165, 1.54) is 14.7 Å². The molecule has 4 amide bonds. The van der Waals surface area contributed by atoms with Crippen LogP contribution in [-0.4, -0.2) is 76.2 Å². The summed E-state index contributed by atoms with van der Waals surface area (Å²) >= 11 is 6.01. The van der Waals surface area contributed by atoms with Crippen LogP contribution in [0.5, 0.6) is 0 Å². The topological polar surface area (TPSA) is 90.0 Å². The van der Waals surface area contributed by atoms with Crippen LogP contribution in [0.4, 0.5) is 13.2 Å². The van der Waals surface area contributed by atoms with Crippen molar-refractivity contribution in [2.24, 2.45) is 0 Å². The van der Waals surface area contributed by atoms with Crippen LogP contribution in [0.3, 0.4) is 0 Å². The third-order valence-electron chi connectivity index (χ3n) is 8.44. The van der Waals surface area contributed by atoms with Crippen molar-refractivity contribution < 1.29 is 32.3 Å². The number of imide groups is 1. The van der Waals surface area contributed by atoms with Crippen LogP contribution in [-0.2, 0) is 22.7 Å². The zero-order valence-corrected chi connectivity index (χ0v) is 24.2. The highest BCUT2D eigenvalue weighted by Crippen LogP contribution is 2.33. The molecule has 2 atom stereocenters. The average molecular weight is 625 g/mol. The van der Waals surface area contributed by atoms with Crippen LogP contribution in [0, 0.1) is 0 Å². The third-order valence-corrected chi connectivity index (χ3v) is 8.69. The van der Waals surface area contributed by atoms with Gasteiger partial charge in [-0.2, -0.15) is 13.2 Å². The first-order chi connectivity index (χ1) is 21.0. The van der Waals surface area contributed by atoms with E-state index < -0.39 is 36.6 Å². The molecule has 1 N–H and O–H groups in total. The zero-order chi connectivity index (χ0) is 31.2. The lowest BCUT2D eigenvalue weighted by atomic mass is 9.98. The third kappa shape index (κ3) is 5.81. The molecule has 3 aromatic rings. The molecule has 8 nitrogen and oxygen atoms in total. The number of nitrogens with zero attached hydrogens (tertiary/aromatic N) is 3. The second-order valence-electron chi connectivity index (χ2n) is 11.2. The van der Waals surface area contributed by atoms with E-state index >= 15 is 0 Å². The number of hydrogen-bond acceptors (Lipinski definition) is 5. The maximum atomic E-state index is 14.4. The van der Waals surface area contributed by atoms with Crippen molar-refractivity contribution in [1.82, 2.24) is 20.0 Å². The molecule has 3 aliphatic heterocycles. The molecule has 6 rings (SSSR count). The summed E-state index contributed by atoms with van der Waals surface area (Å²) in [5.74, 6) is -1.74. The van der Waals surface area contributed by atoms with E-state index in [4.69, 9.17) is 11.6 Å². The number of alkyl halides is 3. The molecule has 3 aromatic carbocycles. The monoisotopic (exact) mass is 624 g/mol. The summed E-state index contributed by atoms with van der Waals surface area (Å²) in [4.78, 5) is 54.4. The van der Waals surface area contributed by atoms with E-state index in [9.17, 15) is 32.3 Å². The summed E-state index contributed by atoms with van der Waals surface area (Å²) in [6, 6.07) is 16.0. The van der Waals surface area contributed by atoms with Crippen molar-refractivity contribution in [3.8, 4) is 11.1 Å². The van der Waals surface area contributed by atoms with Crippen molar-refractivity contribution in [3.63, 3.8) is 0 Å². The SMILES string of the molecule is O=C1CCC(N2Cc3cc(CN4CCN(C(=O)c5ccccc5-c5ccc(Cl)cc5)CC4C(F)(F)F)ccc3C2=O)C(=O)N1. The maximum Gasteiger partial charge on any atom is 0.405 e. The molecule has 0 spiro atoms. The van der Waals surface area contributed by atoms with Crippen molar-refractivity contribution in [1.29, 1.82) is 0 Å². The molecule has 3 heterocycles. The van der Waals surface area contributed by atoms with Gasteiger partial charge in [-0.25, -0.2) is 0 Å². The molecule has 2 saturated heterocycles. The van der Waals surface area contributed by atoms with Gasteiger partial charge in [0.1, 0.15) is 12.1 Å². The van der Waals surface area contributed by atoms with E-state index in [1.54, 1.807) is 66.7 Å². The standard InChI is InChI=1S/C32H28ClF3N4O4/c33-22-8-6-20(7-9-22)23-3-1-2-4-25(23)30(43)39-14-13-38(27(18-39)32(34,35)36)16-19-5-10-24-21(15-19)17-40(31(24)44)26-11-12-28(41)37-29(26)42/h1-10,15,26-27H,11-14,16-18H2,(H,37,41,42). The van der Waals surface area contributed by atoms with Gasteiger partial charge in [-0.3, -0.25) is 29.4 Å². The predicted octanol–water partition coefficient (Wildman–Crippen LogP) is 4.66. The minimum atomic E-state index is -4.59. The summed E-state index contributed by atoms with van der Waals surface area (Å²) in [5, 5.41) is 2.79. The molecule has 0 bridgehead atoms. The fraction of sp³-hybridized carbons (Fsp3) is 0.312. The Morgan fingerprint density at radius 2 is 1.70 bits per heavy atom. The lowest BCUT2D eigenvalue weighted by Gasteiger charge is -2.42. The molecule has 0 aromatic heterocycles. The van der Waals surface area contributed by atoms with Crippen molar-refractivity contribution >= 4 is 35.2 Å². The zero-order valence-electron chi connectivity index (χ0n) is 23.4. The van der Waals surface area contributed by atoms with Gasteiger partial charge in [-0.05, 0) is 52.9 Å². The second-order valence-corrected chi connectivity index (χ2v) is 11.7.